The monoisotopic (exact) mass is 333 g/mol. The minimum Gasteiger partial charge on any atom is -0.357 e. The first kappa shape index (κ1) is 21.2. The van der Waals surface area contributed by atoms with Gasteiger partial charge in [-0.3, -0.25) is 4.99 Å². The van der Waals surface area contributed by atoms with E-state index in [2.05, 4.69) is 22.5 Å². The lowest BCUT2D eigenvalue weighted by molar-refractivity contribution is 0.591. The third kappa shape index (κ3) is 12.9. The van der Waals surface area contributed by atoms with Crippen molar-refractivity contribution in [2.75, 3.05) is 31.1 Å². The zero-order chi connectivity index (χ0) is 16.7. The molecule has 22 heavy (non-hydrogen) atoms. The molecule has 132 valence electrons. The fourth-order valence-corrected chi connectivity index (χ4v) is 2.77. The number of unbranched alkanes of at least 4 members (excludes halogenated alkanes) is 6. The van der Waals surface area contributed by atoms with Gasteiger partial charge < -0.3 is 10.6 Å². The number of sulfone groups is 1. The summed E-state index contributed by atoms with van der Waals surface area (Å²) in [5.41, 5.74) is 0. The predicted molar refractivity (Wildman–Crippen MR) is 96.3 cm³/mol. The first-order valence-electron chi connectivity index (χ1n) is 8.78. The molecule has 0 atom stereocenters. The Balaban J connectivity index is 3.86. The summed E-state index contributed by atoms with van der Waals surface area (Å²) in [5.74, 6) is 1.07. The SMILES string of the molecule is CCCCCCCCCN=C(NCC)NCCS(=O)(=O)CC. The van der Waals surface area contributed by atoms with Gasteiger partial charge in [-0.1, -0.05) is 52.4 Å². The number of nitrogens with one attached hydrogen (secondary N) is 2. The van der Waals surface area contributed by atoms with E-state index in [1.807, 2.05) is 6.92 Å². The van der Waals surface area contributed by atoms with Crippen LogP contribution < -0.4 is 10.6 Å². The second-order valence-corrected chi connectivity index (χ2v) is 8.02. The number of nitrogens with zero attached hydrogens (tertiary/aromatic N) is 1. The zero-order valence-corrected chi connectivity index (χ0v) is 15.5. The van der Waals surface area contributed by atoms with Crippen LogP contribution in [0.5, 0.6) is 0 Å². The average molecular weight is 334 g/mol. The molecule has 0 fully saturated rings. The van der Waals surface area contributed by atoms with Gasteiger partial charge in [-0.05, 0) is 13.3 Å². The van der Waals surface area contributed by atoms with E-state index in [0.717, 1.165) is 25.5 Å². The summed E-state index contributed by atoms with van der Waals surface area (Å²) in [5, 5.41) is 6.24. The van der Waals surface area contributed by atoms with Crippen molar-refractivity contribution in [3.8, 4) is 0 Å². The van der Waals surface area contributed by atoms with Crippen LogP contribution in [0.4, 0.5) is 0 Å². The molecule has 0 saturated heterocycles. The van der Waals surface area contributed by atoms with Crippen molar-refractivity contribution in [1.82, 2.24) is 10.6 Å². The van der Waals surface area contributed by atoms with E-state index in [1.54, 1.807) is 6.92 Å². The first-order valence-corrected chi connectivity index (χ1v) is 10.6. The van der Waals surface area contributed by atoms with Gasteiger partial charge in [0.2, 0.25) is 0 Å². The summed E-state index contributed by atoms with van der Waals surface area (Å²) in [4.78, 5) is 4.49. The Morgan fingerprint density at radius 1 is 0.909 bits per heavy atom. The van der Waals surface area contributed by atoms with Crippen molar-refractivity contribution in [3.63, 3.8) is 0 Å². The van der Waals surface area contributed by atoms with Crippen molar-refractivity contribution in [2.24, 2.45) is 4.99 Å². The maximum atomic E-state index is 11.4. The second-order valence-electron chi connectivity index (χ2n) is 5.55. The Hall–Kier alpha value is -0.780. The quantitative estimate of drug-likeness (QED) is 0.309. The highest BCUT2D eigenvalue weighted by molar-refractivity contribution is 7.91. The van der Waals surface area contributed by atoms with Gasteiger partial charge in [-0.25, -0.2) is 8.42 Å². The van der Waals surface area contributed by atoms with E-state index in [4.69, 9.17) is 0 Å². The van der Waals surface area contributed by atoms with Crippen molar-refractivity contribution < 1.29 is 8.42 Å². The Morgan fingerprint density at radius 2 is 1.55 bits per heavy atom. The molecular formula is C16H35N3O2S. The van der Waals surface area contributed by atoms with Gasteiger partial charge in [-0.2, -0.15) is 0 Å². The molecule has 0 radical (unpaired) electrons. The summed E-state index contributed by atoms with van der Waals surface area (Å²) in [6.45, 7) is 7.91. The molecule has 0 aliphatic carbocycles. The number of hydrogen-bond donors (Lipinski definition) is 2. The maximum Gasteiger partial charge on any atom is 0.191 e. The van der Waals surface area contributed by atoms with Crippen molar-refractivity contribution in [2.45, 2.75) is 65.7 Å². The maximum absolute atomic E-state index is 11.4. The summed E-state index contributed by atoms with van der Waals surface area (Å²) in [6, 6.07) is 0. The highest BCUT2D eigenvalue weighted by Crippen LogP contribution is 2.06. The van der Waals surface area contributed by atoms with Crippen LogP contribution in [0, 0.1) is 0 Å². The third-order valence-corrected chi connectivity index (χ3v) is 5.23. The molecule has 0 rings (SSSR count). The molecule has 2 N–H and O–H groups in total. The Labute approximate surface area is 137 Å². The Morgan fingerprint density at radius 3 is 2.14 bits per heavy atom. The van der Waals surface area contributed by atoms with Crippen LogP contribution in [0.15, 0.2) is 4.99 Å². The molecule has 0 heterocycles. The Bertz CT molecular complexity index is 381. The third-order valence-electron chi connectivity index (χ3n) is 3.52. The topological polar surface area (TPSA) is 70.6 Å². The van der Waals surface area contributed by atoms with Crippen molar-refractivity contribution >= 4 is 15.8 Å². The van der Waals surface area contributed by atoms with Crippen molar-refractivity contribution in [3.05, 3.63) is 0 Å². The van der Waals surface area contributed by atoms with Crippen LogP contribution in [0.1, 0.15) is 65.7 Å². The lowest BCUT2D eigenvalue weighted by atomic mass is 10.1. The molecule has 0 spiro atoms. The van der Waals surface area contributed by atoms with Crippen LogP contribution in [0.25, 0.3) is 0 Å². The van der Waals surface area contributed by atoms with Gasteiger partial charge in [0.1, 0.15) is 0 Å². The van der Waals surface area contributed by atoms with E-state index in [1.165, 1.54) is 38.5 Å². The molecule has 0 aromatic heterocycles. The Kier molecular flexibility index (Phi) is 13.4. The highest BCUT2D eigenvalue weighted by Gasteiger charge is 2.07. The van der Waals surface area contributed by atoms with Gasteiger partial charge >= 0.3 is 0 Å². The van der Waals surface area contributed by atoms with Crippen LogP contribution in [-0.4, -0.2) is 45.5 Å². The van der Waals surface area contributed by atoms with Gasteiger partial charge in [0, 0.05) is 25.4 Å². The van der Waals surface area contributed by atoms with Crippen LogP contribution >= 0.6 is 0 Å². The molecule has 0 amide bonds. The van der Waals surface area contributed by atoms with E-state index in [-0.39, 0.29) is 11.5 Å². The molecule has 0 aliphatic heterocycles. The normalized spacial score (nSPS) is 12.4. The molecule has 5 nitrogen and oxygen atoms in total. The number of rotatable bonds is 13. The lowest BCUT2D eigenvalue weighted by Gasteiger charge is -2.11. The van der Waals surface area contributed by atoms with Crippen LogP contribution in [0.2, 0.25) is 0 Å². The number of aliphatic imine (C=N–C) groups is 1. The van der Waals surface area contributed by atoms with E-state index in [0.29, 0.717) is 6.54 Å². The zero-order valence-electron chi connectivity index (χ0n) is 14.7. The van der Waals surface area contributed by atoms with Crippen LogP contribution in [-0.2, 0) is 9.84 Å². The first-order chi connectivity index (χ1) is 10.6. The van der Waals surface area contributed by atoms with Gasteiger partial charge in [0.25, 0.3) is 0 Å². The van der Waals surface area contributed by atoms with Crippen LogP contribution in [0.3, 0.4) is 0 Å². The molecule has 0 aliphatic rings. The number of hydrogen-bond acceptors (Lipinski definition) is 3. The van der Waals surface area contributed by atoms with Gasteiger partial charge in [0.05, 0.1) is 5.75 Å². The average Bonchev–Trinajstić information content (AvgIpc) is 2.49. The molecule has 0 aromatic rings. The fourth-order valence-electron chi connectivity index (χ4n) is 2.07. The van der Waals surface area contributed by atoms with Crippen molar-refractivity contribution in [1.29, 1.82) is 0 Å². The minimum atomic E-state index is -2.92. The van der Waals surface area contributed by atoms with Gasteiger partial charge in [-0.15, -0.1) is 0 Å². The van der Waals surface area contributed by atoms with Gasteiger partial charge in [0.15, 0.2) is 15.8 Å². The van der Waals surface area contributed by atoms with E-state index < -0.39 is 9.84 Å². The standard InChI is InChI=1S/C16H35N3O2S/c1-4-7-8-9-10-11-12-13-18-16(17-5-2)19-14-15-22(20,21)6-3/h4-15H2,1-3H3,(H2,17,18,19). The molecule has 0 bridgehead atoms. The minimum absolute atomic E-state index is 0.158. The smallest absolute Gasteiger partial charge is 0.191 e. The fraction of sp³-hybridized carbons (Fsp3) is 0.938. The number of guanidine groups is 1. The summed E-state index contributed by atoms with van der Waals surface area (Å²) in [6.07, 6.45) is 8.89. The van der Waals surface area contributed by atoms with E-state index >= 15 is 0 Å². The largest absolute Gasteiger partial charge is 0.357 e. The molecule has 0 saturated carbocycles. The molecule has 0 aromatic carbocycles. The summed E-state index contributed by atoms with van der Waals surface area (Å²) in [7, 11) is -2.92. The van der Waals surface area contributed by atoms with E-state index in [9.17, 15) is 8.42 Å². The second kappa shape index (κ2) is 13.9. The molecule has 6 heteroatoms. The lowest BCUT2D eigenvalue weighted by Crippen LogP contribution is -2.39. The summed E-state index contributed by atoms with van der Waals surface area (Å²) >= 11 is 0. The summed E-state index contributed by atoms with van der Waals surface area (Å²) < 4.78 is 22.9. The predicted octanol–water partition coefficient (Wildman–Crippen LogP) is 2.73. The molecular weight excluding hydrogens is 298 g/mol. The highest BCUT2D eigenvalue weighted by atomic mass is 32.2. The molecule has 0 unspecified atom stereocenters.